The predicted molar refractivity (Wildman–Crippen MR) is 74.2 cm³/mol. The van der Waals surface area contributed by atoms with Crippen LogP contribution in [0.2, 0.25) is 0 Å². The van der Waals surface area contributed by atoms with Crippen molar-refractivity contribution in [3.05, 3.63) is 59.0 Å². The maximum Gasteiger partial charge on any atom is 0.109 e. The third-order valence-electron chi connectivity index (χ3n) is 3.29. The van der Waals surface area contributed by atoms with Crippen LogP contribution in [0.3, 0.4) is 0 Å². The molecule has 0 saturated heterocycles. The first-order valence-corrected chi connectivity index (χ1v) is 6.58. The first-order valence-electron chi connectivity index (χ1n) is 6.58. The molecule has 2 rings (SSSR count). The smallest absolute Gasteiger partial charge is 0.109 e. The number of methoxy groups -OCH3 is 1. The molecule has 0 radical (unpaired) electrons. The summed E-state index contributed by atoms with van der Waals surface area (Å²) in [6.07, 6.45) is 2.68. The van der Waals surface area contributed by atoms with E-state index in [2.05, 4.69) is 0 Å². The van der Waals surface area contributed by atoms with Crippen LogP contribution in [0, 0.1) is 0 Å². The van der Waals surface area contributed by atoms with Crippen LogP contribution in [-0.2, 0) is 17.6 Å². The maximum atomic E-state index is 10.4. The van der Waals surface area contributed by atoms with Crippen LogP contribution < -0.4 is 0 Å². The summed E-state index contributed by atoms with van der Waals surface area (Å²) in [5.41, 5.74) is 2.95. The number of aliphatic hydroxyl groups is 1. The standard InChI is InChI=1S/C16H20O3/c1-3-15-14(9-11-19-15)16(17)13-6-4-12(5-7-13)8-10-18-2/h4-7,9,11,16-17H,3,8,10H2,1-2H3. The van der Waals surface area contributed by atoms with E-state index in [9.17, 15) is 5.11 Å². The van der Waals surface area contributed by atoms with Crippen molar-refractivity contribution in [2.24, 2.45) is 0 Å². The fourth-order valence-electron chi connectivity index (χ4n) is 2.15. The Labute approximate surface area is 113 Å². The van der Waals surface area contributed by atoms with Crippen LogP contribution in [0.25, 0.3) is 0 Å². The SMILES string of the molecule is CCc1occc1C(O)c1ccc(CCOC)cc1. The van der Waals surface area contributed by atoms with E-state index in [1.54, 1.807) is 13.4 Å². The van der Waals surface area contributed by atoms with Gasteiger partial charge < -0.3 is 14.3 Å². The lowest BCUT2D eigenvalue weighted by atomic mass is 9.99. The van der Waals surface area contributed by atoms with Crippen LogP contribution in [0.1, 0.15) is 35.5 Å². The Morgan fingerprint density at radius 2 is 1.95 bits per heavy atom. The molecule has 1 aromatic heterocycles. The van der Waals surface area contributed by atoms with Crippen molar-refractivity contribution < 1.29 is 14.3 Å². The molecule has 0 spiro atoms. The van der Waals surface area contributed by atoms with E-state index in [1.807, 2.05) is 37.3 Å². The van der Waals surface area contributed by atoms with Gasteiger partial charge in [0.1, 0.15) is 11.9 Å². The molecule has 0 aliphatic carbocycles. The molecule has 0 aliphatic heterocycles. The van der Waals surface area contributed by atoms with E-state index in [-0.39, 0.29) is 0 Å². The zero-order valence-corrected chi connectivity index (χ0v) is 11.4. The van der Waals surface area contributed by atoms with Gasteiger partial charge in [-0.2, -0.15) is 0 Å². The van der Waals surface area contributed by atoms with Gasteiger partial charge in [0.05, 0.1) is 12.9 Å². The van der Waals surface area contributed by atoms with Crippen molar-refractivity contribution in [3.63, 3.8) is 0 Å². The molecule has 0 saturated carbocycles. The van der Waals surface area contributed by atoms with Gasteiger partial charge in [0.25, 0.3) is 0 Å². The number of ether oxygens (including phenoxy) is 1. The largest absolute Gasteiger partial charge is 0.469 e. The first kappa shape index (κ1) is 13.8. The van der Waals surface area contributed by atoms with Gasteiger partial charge in [0, 0.05) is 19.1 Å². The quantitative estimate of drug-likeness (QED) is 0.867. The second-order valence-corrected chi connectivity index (χ2v) is 4.54. The van der Waals surface area contributed by atoms with Gasteiger partial charge in [-0.25, -0.2) is 0 Å². The van der Waals surface area contributed by atoms with E-state index in [4.69, 9.17) is 9.15 Å². The highest BCUT2D eigenvalue weighted by Crippen LogP contribution is 2.26. The molecule has 102 valence electrons. The number of hydrogen-bond donors (Lipinski definition) is 1. The van der Waals surface area contributed by atoms with Gasteiger partial charge >= 0.3 is 0 Å². The Balaban J connectivity index is 2.13. The minimum atomic E-state index is -0.620. The minimum Gasteiger partial charge on any atom is -0.469 e. The van der Waals surface area contributed by atoms with Gasteiger partial charge in [0.2, 0.25) is 0 Å². The number of aryl methyl sites for hydroxylation is 1. The molecule has 1 N–H and O–H groups in total. The predicted octanol–water partition coefficient (Wildman–Crippen LogP) is 3.11. The summed E-state index contributed by atoms with van der Waals surface area (Å²) in [5, 5.41) is 10.4. The summed E-state index contributed by atoms with van der Waals surface area (Å²) < 4.78 is 10.4. The maximum absolute atomic E-state index is 10.4. The Morgan fingerprint density at radius 1 is 1.21 bits per heavy atom. The summed E-state index contributed by atoms with van der Waals surface area (Å²) in [6.45, 7) is 2.73. The molecule has 3 heteroatoms. The van der Waals surface area contributed by atoms with Crippen molar-refractivity contribution in [2.75, 3.05) is 13.7 Å². The number of furan rings is 1. The lowest BCUT2D eigenvalue weighted by Gasteiger charge is -2.11. The highest BCUT2D eigenvalue weighted by Gasteiger charge is 2.16. The second-order valence-electron chi connectivity index (χ2n) is 4.54. The zero-order chi connectivity index (χ0) is 13.7. The third kappa shape index (κ3) is 3.25. The monoisotopic (exact) mass is 260 g/mol. The van der Waals surface area contributed by atoms with Crippen molar-refractivity contribution in [1.29, 1.82) is 0 Å². The van der Waals surface area contributed by atoms with E-state index < -0.39 is 6.10 Å². The Morgan fingerprint density at radius 3 is 2.58 bits per heavy atom. The summed E-state index contributed by atoms with van der Waals surface area (Å²) in [5.74, 6) is 0.843. The van der Waals surface area contributed by atoms with Gasteiger partial charge in [-0.05, 0) is 23.6 Å². The Kier molecular flexibility index (Phi) is 4.77. The van der Waals surface area contributed by atoms with Gasteiger partial charge in [-0.15, -0.1) is 0 Å². The number of hydrogen-bond acceptors (Lipinski definition) is 3. The fourth-order valence-corrected chi connectivity index (χ4v) is 2.15. The number of rotatable bonds is 6. The molecule has 0 fully saturated rings. The molecule has 1 heterocycles. The van der Waals surface area contributed by atoms with Crippen LogP contribution in [0.5, 0.6) is 0 Å². The van der Waals surface area contributed by atoms with Crippen LogP contribution in [0.4, 0.5) is 0 Å². The lowest BCUT2D eigenvalue weighted by molar-refractivity contribution is 0.202. The average Bonchev–Trinajstić information content (AvgIpc) is 2.93. The number of benzene rings is 1. The molecule has 0 aliphatic rings. The van der Waals surface area contributed by atoms with Crippen molar-refractivity contribution >= 4 is 0 Å². The normalized spacial score (nSPS) is 12.6. The van der Waals surface area contributed by atoms with Crippen LogP contribution >= 0.6 is 0 Å². The van der Waals surface area contributed by atoms with Gasteiger partial charge in [0.15, 0.2) is 0 Å². The van der Waals surface area contributed by atoms with Gasteiger partial charge in [-0.1, -0.05) is 31.2 Å². The zero-order valence-electron chi connectivity index (χ0n) is 11.4. The van der Waals surface area contributed by atoms with Crippen molar-refractivity contribution in [3.8, 4) is 0 Å². The topological polar surface area (TPSA) is 42.6 Å². The summed E-state index contributed by atoms with van der Waals surface area (Å²) in [4.78, 5) is 0. The molecule has 3 nitrogen and oxygen atoms in total. The molecule has 1 atom stereocenters. The highest BCUT2D eigenvalue weighted by molar-refractivity contribution is 5.33. The van der Waals surface area contributed by atoms with E-state index in [0.29, 0.717) is 6.61 Å². The molecule has 19 heavy (non-hydrogen) atoms. The summed E-state index contributed by atoms with van der Waals surface area (Å²) in [7, 11) is 1.70. The number of aliphatic hydroxyl groups excluding tert-OH is 1. The molecule has 1 aromatic carbocycles. The van der Waals surface area contributed by atoms with E-state index >= 15 is 0 Å². The molecule has 2 aromatic rings. The first-order chi connectivity index (χ1) is 9.26. The van der Waals surface area contributed by atoms with Crippen LogP contribution in [0.15, 0.2) is 41.0 Å². The third-order valence-corrected chi connectivity index (χ3v) is 3.29. The van der Waals surface area contributed by atoms with Crippen LogP contribution in [-0.4, -0.2) is 18.8 Å². The summed E-state index contributed by atoms with van der Waals surface area (Å²) in [6, 6.07) is 9.82. The molecule has 1 unspecified atom stereocenters. The average molecular weight is 260 g/mol. The summed E-state index contributed by atoms with van der Waals surface area (Å²) >= 11 is 0. The molecule has 0 bridgehead atoms. The van der Waals surface area contributed by atoms with Gasteiger partial charge in [-0.3, -0.25) is 0 Å². The fraction of sp³-hybridized carbons (Fsp3) is 0.375. The molecular weight excluding hydrogens is 240 g/mol. The van der Waals surface area contributed by atoms with E-state index in [0.717, 1.165) is 29.7 Å². The molecule has 0 amide bonds. The van der Waals surface area contributed by atoms with E-state index in [1.165, 1.54) is 5.56 Å². The lowest BCUT2D eigenvalue weighted by Crippen LogP contribution is -2.02. The second kappa shape index (κ2) is 6.55. The van der Waals surface area contributed by atoms with Crippen molar-refractivity contribution in [1.82, 2.24) is 0 Å². The Hall–Kier alpha value is -1.58. The Bertz CT molecular complexity index is 499. The highest BCUT2D eigenvalue weighted by atomic mass is 16.5. The van der Waals surface area contributed by atoms with Crippen molar-refractivity contribution in [2.45, 2.75) is 25.9 Å². The molecular formula is C16H20O3. The minimum absolute atomic E-state index is 0.620.